The van der Waals surface area contributed by atoms with Crippen molar-refractivity contribution in [2.24, 2.45) is 0 Å². The van der Waals surface area contributed by atoms with Crippen molar-refractivity contribution in [2.45, 2.75) is 31.4 Å². The summed E-state index contributed by atoms with van der Waals surface area (Å²) in [6.45, 7) is 1.50. The Kier molecular flexibility index (Phi) is 5.24. The van der Waals surface area contributed by atoms with Gasteiger partial charge in [-0.05, 0) is 66.5 Å². The first-order valence-corrected chi connectivity index (χ1v) is 9.48. The molecule has 0 bridgehead atoms. The Morgan fingerprint density at radius 2 is 1.86 bits per heavy atom. The molecular formula is C22H22F2N2O2. The van der Waals surface area contributed by atoms with Gasteiger partial charge < -0.3 is 10.1 Å². The van der Waals surface area contributed by atoms with Gasteiger partial charge in [0.25, 0.3) is 5.56 Å². The highest BCUT2D eigenvalue weighted by molar-refractivity contribution is 5.81. The molecule has 0 amide bonds. The maximum absolute atomic E-state index is 13.3. The number of benzene rings is 2. The lowest BCUT2D eigenvalue weighted by molar-refractivity contribution is 0.0132. The maximum Gasteiger partial charge on any atom is 0.256 e. The van der Waals surface area contributed by atoms with Crippen molar-refractivity contribution in [1.29, 1.82) is 0 Å². The van der Waals surface area contributed by atoms with Crippen molar-refractivity contribution < 1.29 is 13.9 Å². The molecule has 6 heteroatoms. The van der Waals surface area contributed by atoms with Crippen LogP contribution in [0.25, 0.3) is 10.8 Å². The number of aliphatic hydroxyl groups is 1. The molecule has 0 spiro atoms. The van der Waals surface area contributed by atoms with Crippen LogP contribution in [0.2, 0.25) is 0 Å². The monoisotopic (exact) mass is 384 g/mol. The summed E-state index contributed by atoms with van der Waals surface area (Å²) >= 11 is 0. The van der Waals surface area contributed by atoms with Crippen LogP contribution in [0, 0.1) is 11.6 Å². The maximum atomic E-state index is 13.3. The SMILES string of the molecule is O=c1[nH]c(CC[C@H](O)N2CC[C@@H](c3ccc(F)cc3)C2)cc2ccc(F)cc12. The Morgan fingerprint density at radius 3 is 2.64 bits per heavy atom. The minimum absolute atomic E-state index is 0.245. The lowest BCUT2D eigenvalue weighted by atomic mass is 9.98. The zero-order valence-corrected chi connectivity index (χ0v) is 15.4. The number of aryl methyl sites for hydroxylation is 1. The number of hydrogen-bond acceptors (Lipinski definition) is 3. The first kappa shape index (κ1) is 18.8. The van der Waals surface area contributed by atoms with Crippen LogP contribution in [0.1, 0.15) is 30.0 Å². The van der Waals surface area contributed by atoms with Gasteiger partial charge in [-0.3, -0.25) is 9.69 Å². The summed E-state index contributed by atoms with van der Waals surface area (Å²) < 4.78 is 26.4. The van der Waals surface area contributed by atoms with Gasteiger partial charge in [0.2, 0.25) is 0 Å². The Hall–Kier alpha value is -2.57. The molecule has 2 N–H and O–H groups in total. The highest BCUT2D eigenvalue weighted by Crippen LogP contribution is 2.29. The van der Waals surface area contributed by atoms with Crippen LogP contribution in [0.4, 0.5) is 8.78 Å². The molecule has 1 fully saturated rings. The molecule has 28 heavy (non-hydrogen) atoms. The topological polar surface area (TPSA) is 56.3 Å². The largest absolute Gasteiger partial charge is 0.378 e. The summed E-state index contributed by atoms with van der Waals surface area (Å²) in [5.41, 5.74) is 1.48. The van der Waals surface area contributed by atoms with Crippen LogP contribution in [-0.4, -0.2) is 34.3 Å². The lowest BCUT2D eigenvalue weighted by Crippen LogP contribution is -2.33. The lowest BCUT2D eigenvalue weighted by Gasteiger charge is -2.23. The van der Waals surface area contributed by atoms with Crippen molar-refractivity contribution in [3.8, 4) is 0 Å². The molecule has 0 unspecified atom stereocenters. The van der Waals surface area contributed by atoms with E-state index in [1.807, 2.05) is 11.0 Å². The molecule has 2 aromatic carbocycles. The second kappa shape index (κ2) is 7.81. The Morgan fingerprint density at radius 1 is 1.11 bits per heavy atom. The molecule has 4 nitrogen and oxygen atoms in total. The van der Waals surface area contributed by atoms with E-state index in [9.17, 15) is 18.7 Å². The van der Waals surface area contributed by atoms with Crippen LogP contribution >= 0.6 is 0 Å². The zero-order valence-electron chi connectivity index (χ0n) is 15.4. The summed E-state index contributed by atoms with van der Waals surface area (Å²) in [6, 6.07) is 12.5. The van der Waals surface area contributed by atoms with E-state index in [-0.39, 0.29) is 17.3 Å². The predicted molar refractivity (Wildman–Crippen MR) is 104 cm³/mol. The van der Waals surface area contributed by atoms with Crippen molar-refractivity contribution in [3.05, 3.63) is 81.8 Å². The minimum Gasteiger partial charge on any atom is -0.378 e. The Labute approximate surface area is 161 Å². The summed E-state index contributed by atoms with van der Waals surface area (Å²) in [4.78, 5) is 16.9. The molecule has 1 aliphatic heterocycles. The van der Waals surface area contributed by atoms with Crippen LogP contribution < -0.4 is 5.56 Å². The van der Waals surface area contributed by atoms with E-state index in [0.29, 0.717) is 23.6 Å². The number of H-pyrrole nitrogens is 1. The summed E-state index contributed by atoms with van der Waals surface area (Å²) in [5.74, 6) is -0.401. The van der Waals surface area contributed by atoms with Crippen LogP contribution in [0.5, 0.6) is 0 Å². The third-order valence-electron chi connectivity index (χ3n) is 5.52. The highest BCUT2D eigenvalue weighted by atomic mass is 19.1. The predicted octanol–water partition coefficient (Wildman–Crippen LogP) is 3.55. The third kappa shape index (κ3) is 3.98. The molecule has 2 heterocycles. The molecular weight excluding hydrogens is 362 g/mol. The van der Waals surface area contributed by atoms with Crippen molar-refractivity contribution in [2.75, 3.05) is 13.1 Å². The molecule has 146 valence electrons. The molecule has 0 aliphatic carbocycles. The quantitative estimate of drug-likeness (QED) is 0.707. The van der Waals surface area contributed by atoms with E-state index in [4.69, 9.17) is 0 Å². The molecule has 0 saturated carbocycles. The average molecular weight is 384 g/mol. The molecule has 1 aliphatic rings. The fourth-order valence-electron chi connectivity index (χ4n) is 3.95. The number of aliphatic hydroxyl groups excluding tert-OH is 1. The zero-order chi connectivity index (χ0) is 19.7. The van der Waals surface area contributed by atoms with Crippen molar-refractivity contribution >= 4 is 10.8 Å². The smallest absolute Gasteiger partial charge is 0.256 e. The van der Waals surface area contributed by atoms with Gasteiger partial charge >= 0.3 is 0 Å². The van der Waals surface area contributed by atoms with E-state index >= 15 is 0 Å². The molecule has 4 rings (SSSR count). The molecule has 1 aromatic heterocycles. The summed E-state index contributed by atoms with van der Waals surface area (Å²) in [6.07, 6.45) is 1.30. The fourth-order valence-corrected chi connectivity index (χ4v) is 3.95. The molecule has 2 atom stereocenters. The Balaban J connectivity index is 1.39. The number of likely N-dealkylation sites (tertiary alicyclic amines) is 1. The number of halogens is 2. The molecule has 0 radical (unpaired) electrons. The van der Waals surface area contributed by atoms with E-state index in [1.165, 1.54) is 24.3 Å². The first-order valence-electron chi connectivity index (χ1n) is 9.48. The fraction of sp³-hybridized carbons (Fsp3) is 0.318. The van der Waals surface area contributed by atoms with E-state index < -0.39 is 12.0 Å². The number of fused-ring (bicyclic) bond motifs is 1. The summed E-state index contributed by atoms with van der Waals surface area (Å²) in [7, 11) is 0. The minimum atomic E-state index is -0.613. The van der Waals surface area contributed by atoms with Crippen LogP contribution in [-0.2, 0) is 6.42 Å². The standard InChI is InChI=1S/C22H22F2N2O2/c23-17-4-1-14(2-5-17)16-9-10-26(13-16)21(27)8-7-19-11-15-3-6-18(24)12-20(15)22(28)25-19/h1-6,11-12,16,21,27H,7-10,13H2,(H,25,28)/t16-,21+/m1/s1. The van der Waals surface area contributed by atoms with Crippen molar-refractivity contribution in [1.82, 2.24) is 9.88 Å². The van der Waals surface area contributed by atoms with Gasteiger partial charge in [-0.25, -0.2) is 8.78 Å². The van der Waals surface area contributed by atoms with Gasteiger partial charge in [-0.15, -0.1) is 0 Å². The molecule has 3 aromatic rings. The van der Waals surface area contributed by atoms with Gasteiger partial charge in [-0.2, -0.15) is 0 Å². The average Bonchev–Trinajstić information content (AvgIpc) is 3.17. The van der Waals surface area contributed by atoms with Gasteiger partial charge in [-0.1, -0.05) is 18.2 Å². The second-order valence-electron chi connectivity index (χ2n) is 7.41. The van der Waals surface area contributed by atoms with E-state index in [1.54, 1.807) is 18.2 Å². The number of aromatic nitrogens is 1. The van der Waals surface area contributed by atoms with E-state index in [0.717, 1.165) is 30.8 Å². The van der Waals surface area contributed by atoms with Gasteiger partial charge in [0.1, 0.15) is 17.9 Å². The highest BCUT2D eigenvalue weighted by Gasteiger charge is 2.28. The first-order chi connectivity index (χ1) is 13.5. The number of aromatic amines is 1. The van der Waals surface area contributed by atoms with Gasteiger partial charge in [0.15, 0.2) is 0 Å². The van der Waals surface area contributed by atoms with Gasteiger partial charge in [0, 0.05) is 24.2 Å². The summed E-state index contributed by atoms with van der Waals surface area (Å²) in [5, 5.41) is 11.6. The number of rotatable bonds is 5. The van der Waals surface area contributed by atoms with Crippen LogP contribution in [0.15, 0.2) is 53.3 Å². The second-order valence-corrected chi connectivity index (χ2v) is 7.41. The van der Waals surface area contributed by atoms with Crippen LogP contribution in [0.3, 0.4) is 0 Å². The molecule has 1 saturated heterocycles. The number of hydrogen-bond donors (Lipinski definition) is 2. The third-order valence-corrected chi connectivity index (χ3v) is 5.52. The number of nitrogens with zero attached hydrogens (tertiary/aromatic N) is 1. The van der Waals surface area contributed by atoms with E-state index in [2.05, 4.69) is 4.98 Å². The normalized spacial score (nSPS) is 18.6. The number of nitrogens with one attached hydrogen (secondary N) is 1. The van der Waals surface area contributed by atoms with Gasteiger partial charge in [0.05, 0.1) is 0 Å². The number of pyridine rings is 1. The van der Waals surface area contributed by atoms with Crippen molar-refractivity contribution in [3.63, 3.8) is 0 Å². The Bertz CT molecular complexity index is 1030.